The lowest BCUT2D eigenvalue weighted by Crippen LogP contribution is -2.13. The molecular weight excluding hydrogens is 160 g/mol. The lowest BCUT2D eigenvalue weighted by molar-refractivity contribution is -0.113. The predicted molar refractivity (Wildman–Crippen MR) is 44.5 cm³/mol. The highest BCUT2D eigenvalue weighted by molar-refractivity contribution is 5.50. The number of aldehydes is 1. The highest BCUT2D eigenvalue weighted by Crippen LogP contribution is 2.06. The van der Waals surface area contributed by atoms with E-state index in [-0.39, 0.29) is 12.7 Å². The van der Waals surface area contributed by atoms with Gasteiger partial charge in [-0.1, -0.05) is 0 Å². The molecule has 0 bridgehead atoms. The topological polar surface area (TPSA) is 73.6 Å². The second kappa shape index (κ2) is 8.61. The van der Waals surface area contributed by atoms with E-state index in [9.17, 15) is 4.79 Å². The molecule has 1 fully saturated rings. The van der Waals surface area contributed by atoms with Crippen LogP contribution in [0.1, 0.15) is 6.42 Å². The number of rotatable bonds is 3. The third-order valence-corrected chi connectivity index (χ3v) is 1.29. The molecule has 12 heavy (non-hydrogen) atoms. The first-order valence-corrected chi connectivity index (χ1v) is 3.85. The summed E-state index contributed by atoms with van der Waals surface area (Å²) in [6.07, 6.45) is 1.85. The standard InChI is InChI=1S/C6H10O3.CH6N2/c7-2-4-9-6-1-3-8-5-6;1-3-2/h2,6H,1,3-5H2;3H,2H2,1H3. The largest absolute Gasteiger partial charge is 0.379 e. The van der Waals surface area contributed by atoms with Gasteiger partial charge in [-0.15, -0.1) is 0 Å². The Kier molecular flexibility index (Phi) is 8.25. The minimum absolute atomic E-state index is 0.162. The summed E-state index contributed by atoms with van der Waals surface area (Å²) in [5.41, 5.74) is 2.25. The summed E-state index contributed by atoms with van der Waals surface area (Å²) in [6, 6.07) is 0. The number of ether oxygens (including phenoxy) is 2. The van der Waals surface area contributed by atoms with Crippen LogP contribution < -0.4 is 11.3 Å². The summed E-state index contributed by atoms with van der Waals surface area (Å²) >= 11 is 0. The third-order valence-electron chi connectivity index (χ3n) is 1.29. The fraction of sp³-hybridized carbons (Fsp3) is 0.857. The smallest absolute Gasteiger partial charge is 0.145 e. The highest BCUT2D eigenvalue weighted by atomic mass is 16.5. The Labute approximate surface area is 72.2 Å². The van der Waals surface area contributed by atoms with Crippen LogP contribution in [-0.2, 0) is 14.3 Å². The average Bonchev–Trinajstić information content (AvgIpc) is 2.54. The molecule has 0 aromatic heterocycles. The minimum atomic E-state index is 0.162. The van der Waals surface area contributed by atoms with Crippen molar-refractivity contribution in [3.63, 3.8) is 0 Å². The molecule has 0 aromatic rings. The van der Waals surface area contributed by atoms with Crippen molar-refractivity contribution in [2.45, 2.75) is 12.5 Å². The maximum atomic E-state index is 9.80. The van der Waals surface area contributed by atoms with Crippen LogP contribution in [0.5, 0.6) is 0 Å². The Bertz CT molecular complexity index is 105. The number of hydrazine groups is 1. The first-order chi connectivity index (χ1) is 5.85. The zero-order valence-corrected chi connectivity index (χ0v) is 7.29. The predicted octanol–water partition coefficient (Wildman–Crippen LogP) is -0.930. The Morgan fingerprint density at radius 2 is 2.50 bits per heavy atom. The van der Waals surface area contributed by atoms with E-state index < -0.39 is 0 Å². The number of nitrogens with one attached hydrogen (secondary N) is 1. The molecule has 3 N–H and O–H groups in total. The van der Waals surface area contributed by atoms with Crippen LogP contribution in [0.25, 0.3) is 0 Å². The van der Waals surface area contributed by atoms with Gasteiger partial charge in [0.15, 0.2) is 0 Å². The third kappa shape index (κ3) is 6.23. The van der Waals surface area contributed by atoms with Crippen molar-refractivity contribution >= 4 is 6.29 Å². The summed E-state index contributed by atoms with van der Waals surface area (Å²) in [5.74, 6) is 4.60. The number of nitrogens with two attached hydrogens (primary N) is 1. The Morgan fingerprint density at radius 3 is 2.92 bits per heavy atom. The maximum Gasteiger partial charge on any atom is 0.145 e. The lowest BCUT2D eigenvalue weighted by Gasteiger charge is -2.04. The van der Waals surface area contributed by atoms with Crippen molar-refractivity contribution in [1.82, 2.24) is 5.43 Å². The lowest BCUT2D eigenvalue weighted by atomic mass is 10.3. The van der Waals surface area contributed by atoms with Crippen molar-refractivity contribution in [3.05, 3.63) is 0 Å². The second-order valence-corrected chi connectivity index (χ2v) is 2.27. The summed E-state index contributed by atoms with van der Waals surface area (Å²) in [7, 11) is 1.65. The molecule has 5 nitrogen and oxygen atoms in total. The van der Waals surface area contributed by atoms with Gasteiger partial charge in [-0.05, 0) is 13.5 Å². The first-order valence-electron chi connectivity index (χ1n) is 3.85. The minimum Gasteiger partial charge on any atom is -0.379 e. The molecule has 72 valence electrons. The van der Waals surface area contributed by atoms with Crippen LogP contribution in [0.4, 0.5) is 0 Å². The van der Waals surface area contributed by atoms with Crippen molar-refractivity contribution in [2.24, 2.45) is 5.84 Å². The normalized spacial score (nSPS) is 21.3. The molecule has 5 heteroatoms. The van der Waals surface area contributed by atoms with E-state index in [1.54, 1.807) is 7.05 Å². The molecule has 0 radical (unpaired) electrons. The van der Waals surface area contributed by atoms with E-state index >= 15 is 0 Å². The monoisotopic (exact) mass is 176 g/mol. The first kappa shape index (κ1) is 11.5. The molecule has 0 spiro atoms. The molecule has 1 heterocycles. The maximum absolute atomic E-state index is 9.80. The number of carbonyl (C=O) groups excluding carboxylic acids is 1. The molecule has 0 saturated carbocycles. The summed E-state index contributed by atoms with van der Waals surface area (Å²) in [5, 5.41) is 0. The quantitative estimate of drug-likeness (QED) is 0.330. The van der Waals surface area contributed by atoms with Crippen molar-refractivity contribution in [3.8, 4) is 0 Å². The number of hydrogen-bond acceptors (Lipinski definition) is 5. The summed E-state index contributed by atoms with van der Waals surface area (Å²) in [6.45, 7) is 1.62. The van der Waals surface area contributed by atoms with Crippen molar-refractivity contribution in [2.75, 3.05) is 26.9 Å². The van der Waals surface area contributed by atoms with Gasteiger partial charge >= 0.3 is 0 Å². The van der Waals surface area contributed by atoms with Gasteiger partial charge in [0.1, 0.15) is 12.9 Å². The van der Waals surface area contributed by atoms with Gasteiger partial charge in [-0.3, -0.25) is 11.3 Å². The fourth-order valence-corrected chi connectivity index (χ4v) is 0.820. The molecule has 0 amide bonds. The SMILES string of the molecule is CNN.O=CCOC1CCOC1. The van der Waals surface area contributed by atoms with Crippen LogP contribution in [0, 0.1) is 0 Å². The van der Waals surface area contributed by atoms with E-state index in [0.717, 1.165) is 19.3 Å². The molecular formula is C7H16N2O3. The molecule has 0 aromatic carbocycles. The van der Waals surface area contributed by atoms with Gasteiger partial charge in [0.25, 0.3) is 0 Å². The molecule has 1 rings (SSSR count). The van der Waals surface area contributed by atoms with Crippen molar-refractivity contribution in [1.29, 1.82) is 0 Å². The van der Waals surface area contributed by atoms with E-state index in [1.807, 2.05) is 0 Å². The van der Waals surface area contributed by atoms with Gasteiger partial charge in [-0.2, -0.15) is 0 Å². The second-order valence-electron chi connectivity index (χ2n) is 2.27. The molecule has 1 saturated heterocycles. The van der Waals surface area contributed by atoms with E-state index in [1.165, 1.54) is 0 Å². The molecule has 1 aliphatic rings. The zero-order valence-electron chi connectivity index (χ0n) is 7.29. The number of hydrogen-bond donors (Lipinski definition) is 2. The highest BCUT2D eigenvalue weighted by Gasteiger charge is 2.14. The van der Waals surface area contributed by atoms with Crippen LogP contribution in [-0.4, -0.2) is 39.3 Å². The van der Waals surface area contributed by atoms with Crippen molar-refractivity contribution < 1.29 is 14.3 Å². The van der Waals surface area contributed by atoms with Gasteiger partial charge in [0.2, 0.25) is 0 Å². The van der Waals surface area contributed by atoms with Gasteiger partial charge < -0.3 is 14.3 Å². The van der Waals surface area contributed by atoms with Gasteiger partial charge in [-0.25, -0.2) is 0 Å². The van der Waals surface area contributed by atoms with Gasteiger partial charge in [0.05, 0.1) is 12.7 Å². The molecule has 1 aliphatic heterocycles. The van der Waals surface area contributed by atoms with E-state index in [0.29, 0.717) is 6.61 Å². The Morgan fingerprint density at radius 1 is 1.83 bits per heavy atom. The Hall–Kier alpha value is -0.490. The average molecular weight is 176 g/mol. The fourth-order valence-electron chi connectivity index (χ4n) is 0.820. The van der Waals surface area contributed by atoms with Gasteiger partial charge in [0, 0.05) is 6.61 Å². The molecule has 0 aliphatic carbocycles. The zero-order chi connectivity index (χ0) is 9.23. The molecule has 1 unspecified atom stereocenters. The van der Waals surface area contributed by atoms with E-state index in [4.69, 9.17) is 9.47 Å². The molecule has 1 atom stereocenters. The van der Waals surface area contributed by atoms with Crippen LogP contribution in [0.2, 0.25) is 0 Å². The van der Waals surface area contributed by atoms with Crippen LogP contribution in [0.3, 0.4) is 0 Å². The summed E-state index contributed by atoms with van der Waals surface area (Å²) < 4.78 is 10.1. The number of carbonyl (C=O) groups is 1. The van der Waals surface area contributed by atoms with Crippen LogP contribution in [0.15, 0.2) is 0 Å². The summed E-state index contributed by atoms with van der Waals surface area (Å²) in [4.78, 5) is 9.80. The Balaban J connectivity index is 0.000000354. The van der Waals surface area contributed by atoms with E-state index in [2.05, 4.69) is 11.3 Å². The van der Waals surface area contributed by atoms with Crippen LogP contribution >= 0.6 is 0 Å².